The van der Waals surface area contributed by atoms with Gasteiger partial charge in [0, 0.05) is 17.4 Å². The smallest absolute Gasteiger partial charge is 0.0473 e. The van der Waals surface area contributed by atoms with E-state index in [1.165, 1.54) is 13.8 Å². The lowest BCUT2D eigenvalue weighted by Gasteiger charge is -2.32. The number of hydrogen-bond acceptors (Lipinski definition) is 4. The van der Waals surface area contributed by atoms with Crippen LogP contribution in [0.15, 0.2) is 0 Å². The molecular formula is C9H14O4-2. The van der Waals surface area contributed by atoms with Gasteiger partial charge in [-0.25, -0.2) is 0 Å². The summed E-state index contributed by atoms with van der Waals surface area (Å²) >= 11 is 0. The van der Waals surface area contributed by atoms with E-state index >= 15 is 0 Å². The van der Waals surface area contributed by atoms with Crippen LogP contribution in [0.1, 0.15) is 33.6 Å². The first-order valence-electron chi connectivity index (χ1n) is 4.19. The second kappa shape index (κ2) is 4.25. The number of hydrogen-bond donors (Lipinski definition) is 0. The maximum Gasteiger partial charge on any atom is 0.0473 e. The Morgan fingerprint density at radius 2 is 1.77 bits per heavy atom. The van der Waals surface area contributed by atoms with Gasteiger partial charge in [0.05, 0.1) is 0 Å². The Labute approximate surface area is 77.6 Å². The third-order valence-corrected chi connectivity index (χ3v) is 2.54. The van der Waals surface area contributed by atoms with Crippen LogP contribution in [-0.4, -0.2) is 11.9 Å². The second-order valence-electron chi connectivity index (χ2n) is 3.82. The molecule has 1 atom stereocenters. The van der Waals surface area contributed by atoms with Crippen LogP contribution < -0.4 is 10.2 Å². The highest BCUT2D eigenvalue weighted by molar-refractivity contribution is 5.72. The van der Waals surface area contributed by atoms with Crippen molar-refractivity contribution in [3.63, 3.8) is 0 Å². The first-order chi connectivity index (χ1) is 5.78. The van der Waals surface area contributed by atoms with Gasteiger partial charge in [-0.1, -0.05) is 20.8 Å². The van der Waals surface area contributed by atoms with E-state index in [0.717, 1.165) is 0 Å². The Bertz CT molecular complexity index is 208. The molecule has 76 valence electrons. The SMILES string of the molecule is CC(CCC(=O)[O-])C(C)(C)C(=O)[O-]. The molecule has 0 heterocycles. The van der Waals surface area contributed by atoms with E-state index in [0.29, 0.717) is 6.42 Å². The lowest BCUT2D eigenvalue weighted by atomic mass is 9.78. The fourth-order valence-corrected chi connectivity index (χ4v) is 0.896. The predicted molar refractivity (Wildman–Crippen MR) is 42.2 cm³/mol. The highest BCUT2D eigenvalue weighted by atomic mass is 16.4. The first-order valence-corrected chi connectivity index (χ1v) is 4.19. The Kier molecular flexibility index (Phi) is 3.91. The summed E-state index contributed by atoms with van der Waals surface area (Å²) < 4.78 is 0. The van der Waals surface area contributed by atoms with Crippen LogP contribution in [0.2, 0.25) is 0 Å². The Balaban J connectivity index is 4.17. The molecule has 0 N–H and O–H groups in total. The maximum atomic E-state index is 10.6. The maximum absolute atomic E-state index is 10.6. The highest BCUT2D eigenvalue weighted by Crippen LogP contribution is 2.29. The molecule has 4 nitrogen and oxygen atoms in total. The number of carboxylic acid groups (broad SMARTS) is 2. The highest BCUT2D eigenvalue weighted by Gasteiger charge is 2.26. The van der Waals surface area contributed by atoms with Gasteiger partial charge in [-0.05, 0) is 18.8 Å². The minimum absolute atomic E-state index is 0.113. The zero-order valence-corrected chi connectivity index (χ0v) is 8.12. The summed E-state index contributed by atoms with van der Waals surface area (Å²) in [7, 11) is 0. The van der Waals surface area contributed by atoms with E-state index in [4.69, 9.17) is 0 Å². The molecule has 0 fully saturated rings. The quantitative estimate of drug-likeness (QED) is 0.547. The van der Waals surface area contributed by atoms with Crippen LogP contribution in [0.4, 0.5) is 0 Å². The summed E-state index contributed by atoms with van der Waals surface area (Å²) in [5.74, 6) is -2.55. The molecule has 0 radical (unpaired) electrons. The number of rotatable bonds is 5. The molecular weight excluding hydrogens is 172 g/mol. The molecule has 0 saturated heterocycles. The van der Waals surface area contributed by atoms with Gasteiger partial charge in [-0.2, -0.15) is 0 Å². The zero-order chi connectivity index (χ0) is 10.6. The van der Waals surface area contributed by atoms with Crippen LogP contribution in [0, 0.1) is 11.3 Å². The number of carboxylic acids is 2. The Morgan fingerprint density at radius 3 is 2.08 bits per heavy atom. The van der Waals surface area contributed by atoms with E-state index in [2.05, 4.69) is 0 Å². The first kappa shape index (κ1) is 11.9. The lowest BCUT2D eigenvalue weighted by molar-refractivity contribution is -0.321. The summed E-state index contributed by atoms with van der Waals surface area (Å²) in [6.07, 6.45) is 0.182. The van der Waals surface area contributed by atoms with Crippen LogP contribution in [0.5, 0.6) is 0 Å². The Morgan fingerprint density at radius 1 is 1.31 bits per heavy atom. The van der Waals surface area contributed by atoms with E-state index in [1.807, 2.05) is 0 Å². The number of aliphatic carboxylic acids is 2. The van der Waals surface area contributed by atoms with E-state index in [1.54, 1.807) is 6.92 Å². The van der Waals surface area contributed by atoms with Gasteiger partial charge in [0.1, 0.15) is 0 Å². The monoisotopic (exact) mass is 186 g/mol. The summed E-state index contributed by atoms with van der Waals surface area (Å²) in [4.78, 5) is 20.8. The number of carbonyl (C=O) groups excluding carboxylic acids is 2. The fraction of sp³-hybridized carbons (Fsp3) is 0.778. The molecule has 0 aromatic heterocycles. The standard InChI is InChI=1S/C9H16O4/c1-6(4-5-7(10)11)9(2,3)8(12)13/h6H,4-5H2,1-3H3,(H,10,11)(H,12,13)/p-2. The van der Waals surface area contributed by atoms with Crippen LogP contribution >= 0.6 is 0 Å². The van der Waals surface area contributed by atoms with Crippen molar-refractivity contribution in [2.24, 2.45) is 11.3 Å². The van der Waals surface area contributed by atoms with Gasteiger partial charge in [0.2, 0.25) is 0 Å². The van der Waals surface area contributed by atoms with Crippen LogP contribution in [-0.2, 0) is 9.59 Å². The zero-order valence-electron chi connectivity index (χ0n) is 8.12. The van der Waals surface area contributed by atoms with Crippen molar-refractivity contribution in [2.45, 2.75) is 33.6 Å². The fourth-order valence-electron chi connectivity index (χ4n) is 0.896. The molecule has 0 bridgehead atoms. The van der Waals surface area contributed by atoms with E-state index in [-0.39, 0.29) is 12.3 Å². The van der Waals surface area contributed by atoms with Crippen molar-refractivity contribution in [1.29, 1.82) is 0 Å². The molecule has 4 heteroatoms. The number of carbonyl (C=O) groups is 2. The topological polar surface area (TPSA) is 80.3 Å². The molecule has 0 aliphatic rings. The minimum Gasteiger partial charge on any atom is -0.550 e. The van der Waals surface area contributed by atoms with Gasteiger partial charge in [0.25, 0.3) is 0 Å². The molecule has 0 saturated carbocycles. The molecule has 0 aliphatic carbocycles. The summed E-state index contributed by atoms with van der Waals surface area (Å²) in [5, 5.41) is 20.8. The van der Waals surface area contributed by atoms with Crippen LogP contribution in [0.25, 0.3) is 0 Å². The molecule has 0 amide bonds. The van der Waals surface area contributed by atoms with Gasteiger partial charge >= 0.3 is 0 Å². The van der Waals surface area contributed by atoms with Crippen molar-refractivity contribution >= 4 is 11.9 Å². The van der Waals surface area contributed by atoms with E-state index in [9.17, 15) is 19.8 Å². The predicted octanol–water partition coefficient (Wildman–Crippen LogP) is -1.07. The van der Waals surface area contributed by atoms with Gasteiger partial charge in [0.15, 0.2) is 0 Å². The molecule has 13 heavy (non-hydrogen) atoms. The van der Waals surface area contributed by atoms with E-state index < -0.39 is 17.4 Å². The Hall–Kier alpha value is -1.06. The second-order valence-corrected chi connectivity index (χ2v) is 3.82. The third kappa shape index (κ3) is 3.44. The molecule has 0 aliphatic heterocycles. The van der Waals surface area contributed by atoms with Crippen molar-refractivity contribution < 1.29 is 19.8 Å². The minimum atomic E-state index is -1.15. The van der Waals surface area contributed by atoms with Gasteiger partial charge in [-0.3, -0.25) is 0 Å². The average Bonchev–Trinajstić information content (AvgIpc) is 1.99. The molecule has 0 rings (SSSR count). The summed E-state index contributed by atoms with van der Waals surface area (Å²) in [6, 6.07) is 0. The van der Waals surface area contributed by atoms with Crippen molar-refractivity contribution in [1.82, 2.24) is 0 Å². The summed E-state index contributed by atoms with van der Waals surface area (Å²) in [6.45, 7) is 4.75. The van der Waals surface area contributed by atoms with Gasteiger partial charge < -0.3 is 19.8 Å². The normalized spacial score (nSPS) is 13.8. The molecule has 1 unspecified atom stereocenters. The molecule has 0 aromatic carbocycles. The molecule has 0 spiro atoms. The average molecular weight is 186 g/mol. The largest absolute Gasteiger partial charge is 0.550 e. The van der Waals surface area contributed by atoms with Gasteiger partial charge in [-0.15, -0.1) is 0 Å². The summed E-state index contributed by atoms with van der Waals surface area (Å²) in [5.41, 5.74) is -0.991. The lowest BCUT2D eigenvalue weighted by Crippen LogP contribution is -2.42. The van der Waals surface area contributed by atoms with Crippen molar-refractivity contribution in [2.75, 3.05) is 0 Å². The van der Waals surface area contributed by atoms with Crippen molar-refractivity contribution in [3.8, 4) is 0 Å². The molecule has 0 aromatic rings. The van der Waals surface area contributed by atoms with Crippen molar-refractivity contribution in [3.05, 3.63) is 0 Å². The van der Waals surface area contributed by atoms with Crippen LogP contribution in [0.3, 0.4) is 0 Å². The third-order valence-electron chi connectivity index (χ3n) is 2.54.